The molecule has 0 bridgehead atoms. The van der Waals surface area contributed by atoms with Gasteiger partial charge in [-0.3, -0.25) is 0 Å². The predicted octanol–water partition coefficient (Wildman–Crippen LogP) is 5.54. The second-order valence-electron chi connectivity index (χ2n) is 4.60. The summed E-state index contributed by atoms with van der Waals surface area (Å²) in [5, 5.41) is 0.706. The van der Waals surface area contributed by atoms with Gasteiger partial charge in [0, 0.05) is 21.2 Å². The van der Waals surface area contributed by atoms with Crippen molar-refractivity contribution in [3.8, 4) is 11.1 Å². The molecule has 24 heavy (non-hydrogen) atoms. The lowest BCUT2D eigenvalue weighted by Crippen LogP contribution is -2.09. The van der Waals surface area contributed by atoms with E-state index in [-0.39, 0.29) is 42.3 Å². The van der Waals surface area contributed by atoms with Gasteiger partial charge in [0.25, 0.3) is 0 Å². The van der Waals surface area contributed by atoms with E-state index in [4.69, 9.17) is 55.9 Å². The SMILES string of the molecule is COC(=O)c1cc(Cl)cc(Cl)c1-c1c(Cl)cc(Cl)cc1C(=O)OC. The average Bonchev–Trinajstić information content (AvgIpc) is 2.53. The Morgan fingerprint density at radius 2 is 1.04 bits per heavy atom. The van der Waals surface area contributed by atoms with Crippen molar-refractivity contribution in [1.82, 2.24) is 0 Å². The van der Waals surface area contributed by atoms with Crippen LogP contribution in [-0.4, -0.2) is 26.2 Å². The smallest absolute Gasteiger partial charge is 0.338 e. The zero-order chi connectivity index (χ0) is 18.0. The number of carbonyl (C=O) groups excluding carboxylic acids is 2. The number of halogens is 4. The van der Waals surface area contributed by atoms with Crippen molar-refractivity contribution in [1.29, 1.82) is 0 Å². The molecule has 0 aliphatic carbocycles. The third kappa shape index (κ3) is 3.62. The first-order valence-electron chi connectivity index (χ1n) is 6.45. The lowest BCUT2D eigenvalue weighted by atomic mass is 9.95. The Labute approximate surface area is 158 Å². The summed E-state index contributed by atoms with van der Waals surface area (Å²) >= 11 is 24.5. The number of benzene rings is 2. The maximum atomic E-state index is 12.1. The van der Waals surface area contributed by atoms with Gasteiger partial charge in [0.15, 0.2) is 0 Å². The zero-order valence-electron chi connectivity index (χ0n) is 12.5. The van der Waals surface area contributed by atoms with Crippen molar-refractivity contribution in [2.24, 2.45) is 0 Å². The molecule has 0 radical (unpaired) electrons. The maximum Gasteiger partial charge on any atom is 0.338 e. The van der Waals surface area contributed by atoms with Crippen molar-refractivity contribution >= 4 is 58.3 Å². The summed E-state index contributed by atoms with van der Waals surface area (Å²) in [6.45, 7) is 0. The molecule has 0 fully saturated rings. The second-order valence-corrected chi connectivity index (χ2v) is 6.29. The van der Waals surface area contributed by atoms with E-state index in [1.54, 1.807) is 0 Å². The molecule has 0 saturated carbocycles. The van der Waals surface area contributed by atoms with Gasteiger partial charge in [0.2, 0.25) is 0 Å². The van der Waals surface area contributed by atoms with Crippen molar-refractivity contribution in [3.05, 3.63) is 55.5 Å². The van der Waals surface area contributed by atoms with E-state index in [0.717, 1.165) is 0 Å². The van der Waals surface area contributed by atoms with Crippen LogP contribution in [0.25, 0.3) is 11.1 Å². The third-order valence-corrected chi connectivity index (χ3v) is 4.20. The Bertz CT molecular complexity index is 764. The fraction of sp³-hybridized carbons (Fsp3) is 0.125. The molecule has 0 heterocycles. The summed E-state index contributed by atoms with van der Waals surface area (Å²) in [6, 6.07) is 5.61. The first-order valence-corrected chi connectivity index (χ1v) is 7.96. The standard InChI is InChI=1S/C16H10Cl4O4/c1-23-15(21)9-3-7(17)5-11(19)13(9)14-10(16(22)24-2)4-8(18)6-12(14)20/h3-6H,1-2H3. The van der Waals surface area contributed by atoms with E-state index in [1.165, 1.54) is 38.5 Å². The minimum atomic E-state index is -0.684. The first kappa shape index (κ1) is 18.9. The Kier molecular flexibility index (Phi) is 5.99. The summed E-state index contributed by atoms with van der Waals surface area (Å²) in [7, 11) is 2.43. The summed E-state index contributed by atoms with van der Waals surface area (Å²) in [5.41, 5.74) is 0.527. The molecule has 4 nitrogen and oxygen atoms in total. The number of hydrogen-bond donors (Lipinski definition) is 0. The molecule has 0 aromatic heterocycles. The molecule has 8 heteroatoms. The number of hydrogen-bond acceptors (Lipinski definition) is 4. The topological polar surface area (TPSA) is 52.6 Å². The molecule has 0 amide bonds. The molecule has 2 aromatic carbocycles. The lowest BCUT2D eigenvalue weighted by molar-refractivity contribution is 0.0590. The highest BCUT2D eigenvalue weighted by Crippen LogP contribution is 2.41. The highest BCUT2D eigenvalue weighted by atomic mass is 35.5. The predicted molar refractivity (Wildman–Crippen MR) is 94.6 cm³/mol. The highest BCUT2D eigenvalue weighted by Gasteiger charge is 2.25. The molecule has 2 rings (SSSR count). The average molecular weight is 408 g/mol. The summed E-state index contributed by atoms with van der Waals surface area (Å²) < 4.78 is 9.51. The van der Waals surface area contributed by atoms with Gasteiger partial charge >= 0.3 is 11.9 Å². The molecular weight excluding hydrogens is 398 g/mol. The van der Waals surface area contributed by atoms with Gasteiger partial charge in [-0.05, 0) is 24.3 Å². The van der Waals surface area contributed by atoms with E-state index < -0.39 is 11.9 Å². The van der Waals surface area contributed by atoms with Gasteiger partial charge in [0.1, 0.15) is 0 Å². The molecule has 0 unspecified atom stereocenters. The minimum absolute atomic E-state index is 0.0596. The lowest BCUT2D eigenvalue weighted by Gasteiger charge is -2.16. The quantitative estimate of drug-likeness (QED) is 0.626. The maximum absolute atomic E-state index is 12.1. The monoisotopic (exact) mass is 406 g/mol. The fourth-order valence-electron chi connectivity index (χ4n) is 2.20. The molecule has 0 aliphatic heterocycles. The van der Waals surface area contributed by atoms with Crippen LogP contribution < -0.4 is 0 Å². The van der Waals surface area contributed by atoms with Gasteiger partial charge in [-0.1, -0.05) is 46.4 Å². The first-order chi connectivity index (χ1) is 11.3. The Hall–Kier alpha value is -1.46. The zero-order valence-corrected chi connectivity index (χ0v) is 15.5. The second kappa shape index (κ2) is 7.62. The Balaban J connectivity index is 2.91. The van der Waals surface area contributed by atoms with E-state index in [9.17, 15) is 9.59 Å². The van der Waals surface area contributed by atoms with Crippen LogP contribution in [0.2, 0.25) is 20.1 Å². The van der Waals surface area contributed by atoms with Crippen LogP contribution in [-0.2, 0) is 9.47 Å². The van der Waals surface area contributed by atoms with Crippen LogP contribution in [0.15, 0.2) is 24.3 Å². The number of ether oxygens (including phenoxy) is 2. The van der Waals surface area contributed by atoms with Crippen LogP contribution in [0.5, 0.6) is 0 Å². The number of rotatable bonds is 3. The normalized spacial score (nSPS) is 10.4. The third-order valence-electron chi connectivity index (χ3n) is 3.17. The van der Waals surface area contributed by atoms with Gasteiger partial charge in [-0.2, -0.15) is 0 Å². The summed E-state index contributed by atoms with van der Waals surface area (Å²) in [6.07, 6.45) is 0. The van der Waals surface area contributed by atoms with Gasteiger partial charge in [-0.25, -0.2) is 9.59 Å². The summed E-state index contributed by atoms with van der Waals surface area (Å²) in [4.78, 5) is 24.2. The largest absolute Gasteiger partial charge is 0.465 e. The van der Waals surface area contributed by atoms with E-state index in [0.29, 0.717) is 0 Å². The van der Waals surface area contributed by atoms with Crippen molar-refractivity contribution in [3.63, 3.8) is 0 Å². The number of carbonyl (C=O) groups is 2. The highest BCUT2D eigenvalue weighted by molar-refractivity contribution is 6.41. The Morgan fingerprint density at radius 1 is 0.708 bits per heavy atom. The van der Waals surface area contributed by atoms with Crippen molar-refractivity contribution < 1.29 is 19.1 Å². The molecular formula is C16H10Cl4O4. The minimum Gasteiger partial charge on any atom is -0.465 e. The van der Waals surface area contributed by atoms with Crippen LogP contribution in [0.1, 0.15) is 20.7 Å². The summed E-state index contributed by atoms with van der Waals surface area (Å²) in [5.74, 6) is -1.37. The van der Waals surface area contributed by atoms with E-state index in [1.807, 2.05) is 0 Å². The fourth-order valence-corrected chi connectivity index (χ4v) is 3.37. The molecule has 126 valence electrons. The van der Waals surface area contributed by atoms with Crippen molar-refractivity contribution in [2.75, 3.05) is 14.2 Å². The van der Waals surface area contributed by atoms with E-state index >= 15 is 0 Å². The van der Waals surface area contributed by atoms with Crippen LogP contribution in [0.3, 0.4) is 0 Å². The molecule has 0 N–H and O–H groups in total. The Morgan fingerprint density at radius 3 is 1.33 bits per heavy atom. The van der Waals surface area contributed by atoms with Crippen molar-refractivity contribution in [2.45, 2.75) is 0 Å². The number of methoxy groups -OCH3 is 2. The van der Waals surface area contributed by atoms with Crippen LogP contribution in [0, 0.1) is 0 Å². The van der Waals surface area contributed by atoms with Gasteiger partial charge in [-0.15, -0.1) is 0 Å². The van der Waals surface area contributed by atoms with Gasteiger partial charge in [0.05, 0.1) is 35.4 Å². The van der Waals surface area contributed by atoms with Crippen LogP contribution in [0.4, 0.5) is 0 Å². The molecule has 0 atom stereocenters. The molecule has 2 aromatic rings. The molecule has 0 saturated heterocycles. The van der Waals surface area contributed by atoms with Crippen LogP contribution >= 0.6 is 46.4 Å². The molecule has 0 spiro atoms. The number of esters is 2. The molecule has 0 aliphatic rings. The van der Waals surface area contributed by atoms with E-state index in [2.05, 4.69) is 0 Å². The van der Waals surface area contributed by atoms with Gasteiger partial charge < -0.3 is 9.47 Å².